The molecule has 0 bridgehead atoms. The van der Waals surface area contributed by atoms with Crippen LogP contribution in [-0.4, -0.2) is 17.7 Å². The average Bonchev–Trinajstić information content (AvgIpc) is 2.62. The largest absolute Gasteiger partial charge is 0.326 e. The molecule has 6 heteroatoms. The van der Waals surface area contributed by atoms with E-state index in [4.69, 9.17) is 0 Å². The number of aryl methyl sites for hydroxylation is 3. The molecule has 6 nitrogen and oxygen atoms in total. The van der Waals surface area contributed by atoms with Crippen molar-refractivity contribution in [1.82, 2.24) is 10.9 Å². The van der Waals surface area contributed by atoms with Gasteiger partial charge < -0.3 is 5.32 Å². The lowest BCUT2D eigenvalue weighted by Crippen LogP contribution is -2.42. The molecule has 0 aliphatic heterocycles. The summed E-state index contributed by atoms with van der Waals surface area (Å²) in [5, 5.41) is 2.79. The van der Waals surface area contributed by atoms with Gasteiger partial charge in [0.1, 0.15) is 0 Å². The number of rotatable bonds is 6. The summed E-state index contributed by atoms with van der Waals surface area (Å²) in [7, 11) is 0. The van der Waals surface area contributed by atoms with E-state index in [1.807, 2.05) is 63.2 Å². The highest BCUT2D eigenvalue weighted by Crippen LogP contribution is 2.16. The Morgan fingerprint density at radius 1 is 0.778 bits per heavy atom. The zero-order chi connectivity index (χ0) is 19.8. The van der Waals surface area contributed by atoms with Crippen molar-refractivity contribution in [3.63, 3.8) is 0 Å². The second-order valence-corrected chi connectivity index (χ2v) is 6.57. The van der Waals surface area contributed by atoms with E-state index in [2.05, 4.69) is 16.2 Å². The number of amides is 3. The number of hydrogen-bond acceptors (Lipinski definition) is 3. The van der Waals surface area contributed by atoms with E-state index < -0.39 is 5.91 Å². The third-order valence-electron chi connectivity index (χ3n) is 4.19. The molecule has 0 saturated carbocycles. The van der Waals surface area contributed by atoms with Crippen LogP contribution in [0.4, 0.5) is 5.69 Å². The van der Waals surface area contributed by atoms with E-state index in [0.717, 1.165) is 27.9 Å². The van der Waals surface area contributed by atoms with Gasteiger partial charge in [-0.3, -0.25) is 25.2 Å². The van der Waals surface area contributed by atoms with E-state index in [1.54, 1.807) is 0 Å². The van der Waals surface area contributed by atoms with Gasteiger partial charge in [0.2, 0.25) is 17.7 Å². The summed E-state index contributed by atoms with van der Waals surface area (Å²) in [6, 6.07) is 13.3. The minimum atomic E-state index is -0.413. The van der Waals surface area contributed by atoms with Crippen molar-refractivity contribution in [2.24, 2.45) is 0 Å². The Bertz CT molecular complexity index is 846. The standard InChI is InChI=1S/C21H25N3O3/c1-14-8-9-18(16(3)12-14)22-19(25)10-11-20(26)23-24-21(27)13-17-7-5-4-6-15(17)2/h4-9,12H,10-11,13H2,1-3H3,(H,22,25)(H,23,26)(H,24,27). The molecule has 0 atom stereocenters. The maximum absolute atomic E-state index is 12.0. The van der Waals surface area contributed by atoms with Crippen molar-refractivity contribution < 1.29 is 14.4 Å². The SMILES string of the molecule is Cc1ccc(NC(=O)CCC(=O)NNC(=O)Cc2ccccc2C)c(C)c1. The highest BCUT2D eigenvalue weighted by Gasteiger charge is 2.10. The van der Waals surface area contributed by atoms with E-state index in [-0.39, 0.29) is 31.1 Å². The molecule has 2 aromatic rings. The maximum atomic E-state index is 12.0. The van der Waals surface area contributed by atoms with Crippen LogP contribution in [0.5, 0.6) is 0 Å². The van der Waals surface area contributed by atoms with Crippen molar-refractivity contribution in [1.29, 1.82) is 0 Å². The van der Waals surface area contributed by atoms with Crippen LogP contribution in [0.25, 0.3) is 0 Å². The molecule has 0 radical (unpaired) electrons. The van der Waals surface area contributed by atoms with Gasteiger partial charge in [-0.2, -0.15) is 0 Å². The number of hydrogen-bond donors (Lipinski definition) is 3. The molecule has 0 spiro atoms. The first-order valence-electron chi connectivity index (χ1n) is 8.84. The van der Waals surface area contributed by atoms with Gasteiger partial charge in [0.15, 0.2) is 0 Å². The zero-order valence-corrected chi connectivity index (χ0v) is 15.9. The predicted octanol–water partition coefficient (Wildman–Crippen LogP) is 2.72. The molecule has 142 valence electrons. The Morgan fingerprint density at radius 2 is 1.44 bits per heavy atom. The van der Waals surface area contributed by atoms with Gasteiger partial charge in [-0.1, -0.05) is 42.0 Å². The van der Waals surface area contributed by atoms with Gasteiger partial charge in [0.05, 0.1) is 6.42 Å². The highest BCUT2D eigenvalue weighted by atomic mass is 16.2. The third kappa shape index (κ3) is 6.58. The van der Waals surface area contributed by atoms with Gasteiger partial charge in [-0.25, -0.2) is 0 Å². The lowest BCUT2D eigenvalue weighted by molar-refractivity contribution is -0.129. The molecule has 0 aliphatic rings. The molecule has 0 saturated heterocycles. The normalized spacial score (nSPS) is 10.2. The van der Waals surface area contributed by atoms with Gasteiger partial charge in [-0.15, -0.1) is 0 Å². The Balaban J connectivity index is 1.71. The van der Waals surface area contributed by atoms with E-state index in [9.17, 15) is 14.4 Å². The van der Waals surface area contributed by atoms with Gasteiger partial charge in [0, 0.05) is 18.5 Å². The van der Waals surface area contributed by atoms with E-state index in [1.165, 1.54) is 0 Å². The second-order valence-electron chi connectivity index (χ2n) is 6.57. The first kappa shape index (κ1) is 20.2. The molecule has 0 heterocycles. The Hall–Kier alpha value is -3.15. The molecule has 3 amide bonds. The second kappa shape index (κ2) is 9.52. The monoisotopic (exact) mass is 367 g/mol. The van der Waals surface area contributed by atoms with Crippen LogP contribution in [-0.2, 0) is 20.8 Å². The van der Waals surface area contributed by atoms with Gasteiger partial charge >= 0.3 is 0 Å². The van der Waals surface area contributed by atoms with Crippen molar-refractivity contribution in [3.05, 3.63) is 64.7 Å². The zero-order valence-electron chi connectivity index (χ0n) is 15.9. The maximum Gasteiger partial charge on any atom is 0.242 e. The number of hydrazine groups is 1. The summed E-state index contributed by atoms with van der Waals surface area (Å²) in [6.07, 6.45) is 0.203. The molecule has 2 aromatic carbocycles. The topological polar surface area (TPSA) is 87.3 Å². The molecule has 0 unspecified atom stereocenters. The average molecular weight is 367 g/mol. The molecule has 3 N–H and O–H groups in total. The number of nitrogens with one attached hydrogen (secondary N) is 3. The number of benzene rings is 2. The fourth-order valence-electron chi connectivity index (χ4n) is 2.62. The summed E-state index contributed by atoms with van der Waals surface area (Å²) in [5.41, 5.74) is 9.45. The van der Waals surface area contributed by atoms with Gasteiger partial charge in [-0.05, 0) is 43.5 Å². The van der Waals surface area contributed by atoms with Crippen molar-refractivity contribution >= 4 is 23.4 Å². The van der Waals surface area contributed by atoms with Crippen LogP contribution in [0.3, 0.4) is 0 Å². The molecule has 0 fully saturated rings. The summed E-state index contributed by atoms with van der Waals surface area (Å²) in [4.78, 5) is 35.7. The third-order valence-corrected chi connectivity index (χ3v) is 4.19. The van der Waals surface area contributed by atoms with Crippen LogP contribution < -0.4 is 16.2 Å². The van der Waals surface area contributed by atoms with Crippen molar-refractivity contribution in [2.45, 2.75) is 40.0 Å². The Labute approximate surface area is 159 Å². The smallest absolute Gasteiger partial charge is 0.242 e. The molecule has 0 aliphatic carbocycles. The first-order valence-corrected chi connectivity index (χ1v) is 8.84. The number of carbonyl (C=O) groups excluding carboxylic acids is 3. The Morgan fingerprint density at radius 3 is 2.15 bits per heavy atom. The van der Waals surface area contributed by atoms with Crippen LogP contribution in [0.2, 0.25) is 0 Å². The minimum absolute atomic E-state index is 0.0125. The van der Waals surface area contributed by atoms with E-state index in [0.29, 0.717) is 0 Å². The molecule has 0 aromatic heterocycles. The quantitative estimate of drug-likeness (QED) is 0.686. The first-order chi connectivity index (χ1) is 12.8. The Kier molecular flexibility index (Phi) is 7.11. The van der Waals surface area contributed by atoms with Crippen LogP contribution >= 0.6 is 0 Å². The molecule has 27 heavy (non-hydrogen) atoms. The summed E-state index contributed by atoms with van der Waals surface area (Å²) < 4.78 is 0. The summed E-state index contributed by atoms with van der Waals surface area (Å²) in [6.45, 7) is 5.82. The van der Waals surface area contributed by atoms with Crippen LogP contribution in [0.1, 0.15) is 35.1 Å². The highest BCUT2D eigenvalue weighted by molar-refractivity contribution is 5.94. The minimum Gasteiger partial charge on any atom is -0.326 e. The van der Waals surface area contributed by atoms with Gasteiger partial charge in [0.25, 0.3) is 0 Å². The summed E-state index contributed by atoms with van der Waals surface area (Å²) in [5.74, 6) is -0.968. The fourth-order valence-corrected chi connectivity index (χ4v) is 2.62. The summed E-state index contributed by atoms with van der Waals surface area (Å²) >= 11 is 0. The molecular weight excluding hydrogens is 342 g/mol. The fraction of sp³-hybridized carbons (Fsp3) is 0.286. The van der Waals surface area contributed by atoms with Crippen LogP contribution in [0, 0.1) is 20.8 Å². The van der Waals surface area contributed by atoms with Crippen LogP contribution in [0.15, 0.2) is 42.5 Å². The van der Waals surface area contributed by atoms with E-state index >= 15 is 0 Å². The molecular formula is C21H25N3O3. The predicted molar refractivity (Wildman–Crippen MR) is 105 cm³/mol. The lowest BCUT2D eigenvalue weighted by Gasteiger charge is -2.10. The number of carbonyl (C=O) groups is 3. The lowest BCUT2D eigenvalue weighted by atomic mass is 10.1. The molecule has 2 rings (SSSR count). The number of anilines is 1. The van der Waals surface area contributed by atoms with Crippen molar-refractivity contribution in [3.8, 4) is 0 Å². The van der Waals surface area contributed by atoms with Crippen molar-refractivity contribution in [2.75, 3.05) is 5.32 Å².